The Morgan fingerprint density at radius 3 is 2.04 bits per heavy atom. The Hall–Kier alpha value is 0.0987. The Morgan fingerprint density at radius 1 is 0.885 bits per heavy atom. The van der Waals surface area contributed by atoms with Gasteiger partial charge >= 0.3 is 138 Å². The summed E-state index contributed by atoms with van der Waals surface area (Å²) < 4.78 is 17.9. The molecule has 0 saturated carbocycles. The molecule has 0 aromatic carbocycles. The van der Waals surface area contributed by atoms with E-state index in [1.807, 2.05) is 25.2 Å². The van der Waals surface area contributed by atoms with E-state index in [1.54, 1.807) is 2.89 Å². The first kappa shape index (κ1) is 26.1. The zero-order valence-electron chi connectivity index (χ0n) is 18.6. The van der Waals surface area contributed by atoms with Gasteiger partial charge in [0.15, 0.2) is 0 Å². The Kier molecular flexibility index (Phi) is 16.2. The van der Waals surface area contributed by atoms with Crippen molar-refractivity contribution in [3.05, 3.63) is 5.38 Å². The number of rotatable bonds is 9. The summed E-state index contributed by atoms with van der Waals surface area (Å²) in [4.78, 5) is 0. The van der Waals surface area contributed by atoms with Crippen LogP contribution in [0.25, 0.3) is 0 Å². The van der Waals surface area contributed by atoms with Crippen LogP contribution in [-0.2, 0) is 0 Å². The Labute approximate surface area is 171 Å². The van der Waals surface area contributed by atoms with Crippen molar-refractivity contribution in [2.75, 3.05) is 13.2 Å². The van der Waals surface area contributed by atoms with Crippen molar-refractivity contribution in [3.8, 4) is 11.5 Å². The molecule has 1 aromatic heterocycles. The predicted octanol–water partition coefficient (Wildman–Crippen LogP) is 7.63. The first-order valence-corrected chi connectivity index (χ1v) is 19.4. The minimum atomic E-state index is -2.29. The third kappa shape index (κ3) is 8.00. The van der Waals surface area contributed by atoms with Gasteiger partial charge in [0, 0.05) is 0 Å². The number of unbranched alkanes of at least 4 members (excludes halogenated alkanes) is 3. The molecule has 0 radical (unpaired) electrons. The molecule has 0 saturated heterocycles. The fourth-order valence-electron chi connectivity index (χ4n) is 3.32. The molecule has 2 nitrogen and oxygen atoms in total. The molecule has 0 N–H and O–H groups in total. The van der Waals surface area contributed by atoms with Crippen LogP contribution in [-0.4, -0.2) is 31.6 Å². The van der Waals surface area contributed by atoms with E-state index < -0.39 is 18.4 Å². The summed E-state index contributed by atoms with van der Waals surface area (Å²) in [6.45, 7) is 16.8. The van der Waals surface area contributed by atoms with Gasteiger partial charge < -0.3 is 0 Å². The summed E-state index contributed by atoms with van der Waals surface area (Å²) in [5.41, 5.74) is 0. The normalized spacial score (nSPS) is 14.4. The summed E-state index contributed by atoms with van der Waals surface area (Å²) in [5.74, 6) is 2.18. The maximum absolute atomic E-state index is 6.03. The van der Waals surface area contributed by atoms with Crippen molar-refractivity contribution in [3.63, 3.8) is 0 Å². The number of ether oxygens (including phenoxy) is 2. The molecule has 2 heterocycles. The first-order chi connectivity index (χ1) is 12.7. The van der Waals surface area contributed by atoms with E-state index in [-0.39, 0.29) is 0 Å². The molecule has 1 unspecified atom stereocenters. The van der Waals surface area contributed by atoms with Gasteiger partial charge in [0.25, 0.3) is 0 Å². The van der Waals surface area contributed by atoms with Crippen molar-refractivity contribution >= 4 is 32.6 Å². The molecule has 154 valence electrons. The van der Waals surface area contributed by atoms with Crippen LogP contribution in [0, 0.1) is 0 Å². The van der Waals surface area contributed by atoms with Gasteiger partial charge in [-0.25, -0.2) is 0 Å². The topological polar surface area (TPSA) is 18.5 Å². The van der Waals surface area contributed by atoms with Crippen molar-refractivity contribution in [1.82, 2.24) is 0 Å². The molecule has 0 spiro atoms. The van der Waals surface area contributed by atoms with Crippen LogP contribution in [0.5, 0.6) is 11.5 Å². The van der Waals surface area contributed by atoms with Crippen LogP contribution in [0.15, 0.2) is 5.38 Å². The van der Waals surface area contributed by atoms with Crippen LogP contribution in [0.1, 0.15) is 87.0 Å². The summed E-state index contributed by atoms with van der Waals surface area (Å²) >= 11 is -0.346. The zero-order valence-corrected chi connectivity index (χ0v) is 22.3. The van der Waals surface area contributed by atoms with E-state index in [2.05, 4.69) is 40.0 Å². The summed E-state index contributed by atoms with van der Waals surface area (Å²) in [6, 6.07) is 0. The van der Waals surface area contributed by atoms with Crippen LogP contribution < -0.4 is 12.4 Å². The van der Waals surface area contributed by atoms with Gasteiger partial charge in [-0.3, -0.25) is 0 Å². The van der Waals surface area contributed by atoms with Gasteiger partial charge in [-0.1, -0.05) is 34.1 Å². The molecule has 4 heteroatoms. The van der Waals surface area contributed by atoms with Gasteiger partial charge in [0.05, 0.1) is 0 Å². The van der Waals surface area contributed by atoms with Crippen molar-refractivity contribution in [2.24, 2.45) is 0 Å². The van der Waals surface area contributed by atoms with E-state index in [4.69, 9.17) is 9.47 Å². The average Bonchev–Trinajstić information content (AvgIpc) is 3.12. The first-order valence-electron chi connectivity index (χ1n) is 11.1. The van der Waals surface area contributed by atoms with E-state index >= 15 is 0 Å². The fraction of sp³-hybridized carbons (Fsp3) is 0.818. The van der Waals surface area contributed by atoms with Crippen LogP contribution in [0.4, 0.5) is 0 Å². The molecular weight excluding hydrogens is 447 g/mol. The third-order valence-electron chi connectivity index (χ3n) is 4.73. The Morgan fingerprint density at radius 2 is 1.46 bits per heavy atom. The third-order valence-corrected chi connectivity index (χ3v) is 24.1. The Bertz CT molecular complexity index is 447. The molecular formula is C22H44O2SSn. The summed E-state index contributed by atoms with van der Waals surface area (Å²) in [7, 11) is 0. The van der Waals surface area contributed by atoms with E-state index in [0.29, 0.717) is 6.61 Å². The van der Waals surface area contributed by atoms with E-state index in [0.717, 1.165) is 18.1 Å². The summed E-state index contributed by atoms with van der Waals surface area (Å²) in [5, 5.41) is 2.21. The minimum absolute atomic E-state index is 0.711. The maximum atomic E-state index is 6.03. The fourth-order valence-corrected chi connectivity index (χ4v) is 21.7. The van der Waals surface area contributed by atoms with E-state index in [1.165, 1.54) is 51.8 Å². The molecule has 0 amide bonds. The van der Waals surface area contributed by atoms with Crippen LogP contribution >= 0.6 is 11.3 Å². The summed E-state index contributed by atoms with van der Waals surface area (Å²) in [6.07, 6.45) is 8.08. The van der Waals surface area contributed by atoms with Crippen molar-refractivity contribution in [2.45, 2.75) is 100 Å². The van der Waals surface area contributed by atoms with Gasteiger partial charge in [-0.05, 0) is 0 Å². The quantitative estimate of drug-likeness (QED) is 0.261. The number of hydrogen-bond acceptors (Lipinski definition) is 3. The number of fused-ring (bicyclic) bond motifs is 1. The monoisotopic (exact) mass is 492 g/mol. The van der Waals surface area contributed by atoms with E-state index in [9.17, 15) is 0 Å². The molecule has 0 bridgehead atoms. The van der Waals surface area contributed by atoms with Gasteiger partial charge in [0.1, 0.15) is 0 Å². The molecule has 1 aliphatic rings. The molecule has 26 heavy (non-hydrogen) atoms. The standard InChI is InChI=1S/C6H5O2S.C5H11.C4H9.C3H8.C2H6.C2H5.Sn/c1-2-8-6-4-9-3-5(6)7-1;1-3-5-4-2;1-3-4-2;1-3-2;2*1-2;/h3H,1-2H2;1,3-5H2,2H3;1,3-4H2,2H3;3H2,1-2H3;1-2H3;1H2,2H3;. The molecule has 2 rings (SSSR count). The van der Waals surface area contributed by atoms with Gasteiger partial charge in [-0.15, -0.1) is 0 Å². The predicted molar refractivity (Wildman–Crippen MR) is 123 cm³/mol. The van der Waals surface area contributed by atoms with Crippen molar-refractivity contribution < 1.29 is 9.47 Å². The molecule has 1 aliphatic heterocycles. The molecule has 1 aromatic rings. The van der Waals surface area contributed by atoms with Gasteiger partial charge in [0.2, 0.25) is 0 Å². The van der Waals surface area contributed by atoms with Crippen molar-refractivity contribution in [1.29, 1.82) is 0 Å². The molecule has 0 fully saturated rings. The second kappa shape index (κ2) is 16.1. The average molecular weight is 491 g/mol. The SMILES string of the molecule is CC.CCC.CCCC[CH2][Sn]([CH2]C)([CH2]CCC)[c]1scc2c1OCCO2. The van der Waals surface area contributed by atoms with Crippen LogP contribution in [0.3, 0.4) is 0 Å². The molecule has 1 atom stereocenters. The van der Waals surface area contributed by atoms with Crippen LogP contribution in [0.2, 0.25) is 13.3 Å². The zero-order chi connectivity index (χ0) is 19.8. The number of thiophene rings is 1. The second-order valence-corrected chi connectivity index (χ2v) is 22.4. The van der Waals surface area contributed by atoms with Gasteiger partial charge in [-0.2, -0.15) is 0 Å². The number of hydrogen-bond donors (Lipinski definition) is 0. The Balaban J connectivity index is 0.00000113. The molecule has 0 aliphatic carbocycles. The second-order valence-electron chi connectivity index (χ2n) is 6.86.